The molecule has 18 heavy (non-hydrogen) atoms. The highest BCUT2D eigenvalue weighted by Crippen LogP contribution is 2.17. The van der Waals surface area contributed by atoms with E-state index < -0.39 is 10.0 Å². The van der Waals surface area contributed by atoms with Crippen molar-refractivity contribution in [2.24, 2.45) is 0 Å². The second kappa shape index (κ2) is 6.32. The minimum atomic E-state index is -3.13. The normalized spacial score (nSPS) is 29.9. The Hall–Kier alpha value is -0.170. The van der Waals surface area contributed by atoms with Gasteiger partial charge >= 0.3 is 0 Å². The van der Waals surface area contributed by atoms with Crippen molar-refractivity contribution in [2.45, 2.75) is 44.2 Å². The molecule has 0 radical (unpaired) electrons. The summed E-state index contributed by atoms with van der Waals surface area (Å²) >= 11 is 0. The van der Waals surface area contributed by atoms with Gasteiger partial charge in [0.15, 0.2) is 0 Å². The predicted molar refractivity (Wildman–Crippen MR) is 71.0 cm³/mol. The van der Waals surface area contributed by atoms with Gasteiger partial charge in [-0.15, -0.1) is 0 Å². The summed E-state index contributed by atoms with van der Waals surface area (Å²) in [5.74, 6) is 0.248. The smallest absolute Gasteiger partial charge is 0.214 e. The van der Waals surface area contributed by atoms with E-state index in [4.69, 9.17) is 4.74 Å². The van der Waals surface area contributed by atoms with Gasteiger partial charge in [-0.3, -0.25) is 0 Å². The molecule has 2 rings (SSSR count). The SMILES string of the molecule is CN(C1CCOC1)S(=O)(=O)CCC1CCCCN1. The first-order valence-corrected chi connectivity index (χ1v) is 8.47. The van der Waals surface area contributed by atoms with Gasteiger partial charge < -0.3 is 10.1 Å². The molecule has 0 saturated carbocycles. The van der Waals surface area contributed by atoms with Crippen LogP contribution in [-0.4, -0.2) is 57.4 Å². The maximum Gasteiger partial charge on any atom is 0.214 e. The molecule has 0 aromatic rings. The maximum atomic E-state index is 12.2. The first kappa shape index (κ1) is 14.2. The Labute approximate surface area is 110 Å². The monoisotopic (exact) mass is 276 g/mol. The maximum absolute atomic E-state index is 12.2. The Bertz CT molecular complexity index is 346. The van der Waals surface area contributed by atoms with E-state index in [1.54, 1.807) is 7.05 Å². The number of hydrogen-bond acceptors (Lipinski definition) is 4. The molecule has 2 atom stereocenters. The lowest BCUT2D eigenvalue weighted by atomic mass is 10.0. The number of sulfonamides is 1. The highest BCUT2D eigenvalue weighted by Gasteiger charge is 2.29. The van der Waals surface area contributed by atoms with Crippen molar-refractivity contribution in [2.75, 3.05) is 32.6 Å². The zero-order valence-electron chi connectivity index (χ0n) is 11.1. The van der Waals surface area contributed by atoms with Gasteiger partial charge in [0, 0.05) is 19.7 Å². The third-order valence-corrected chi connectivity index (χ3v) is 5.92. The third kappa shape index (κ3) is 3.66. The van der Waals surface area contributed by atoms with E-state index in [-0.39, 0.29) is 11.8 Å². The van der Waals surface area contributed by atoms with E-state index in [0.717, 1.165) is 25.8 Å². The van der Waals surface area contributed by atoms with Crippen molar-refractivity contribution < 1.29 is 13.2 Å². The summed E-state index contributed by atoms with van der Waals surface area (Å²) in [6, 6.07) is 0.413. The number of piperidine rings is 1. The molecule has 2 saturated heterocycles. The zero-order valence-corrected chi connectivity index (χ0v) is 11.9. The van der Waals surface area contributed by atoms with Crippen molar-refractivity contribution in [1.82, 2.24) is 9.62 Å². The summed E-state index contributed by atoms with van der Waals surface area (Å²) in [6.07, 6.45) is 5.07. The fourth-order valence-corrected chi connectivity index (χ4v) is 4.13. The molecule has 0 aromatic carbocycles. The van der Waals surface area contributed by atoms with E-state index in [1.807, 2.05) is 0 Å². The van der Waals surface area contributed by atoms with E-state index in [0.29, 0.717) is 19.3 Å². The highest BCUT2D eigenvalue weighted by atomic mass is 32.2. The Morgan fingerprint density at radius 3 is 2.78 bits per heavy atom. The van der Waals surface area contributed by atoms with Gasteiger partial charge in [0.05, 0.1) is 18.4 Å². The van der Waals surface area contributed by atoms with Gasteiger partial charge in [0.25, 0.3) is 0 Å². The van der Waals surface area contributed by atoms with Crippen LogP contribution in [0.25, 0.3) is 0 Å². The lowest BCUT2D eigenvalue weighted by Gasteiger charge is -2.26. The molecule has 106 valence electrons. The van der Waals surface area contributed by atoms with Crippen LogP contribution in [0.15, 0.2) is 0 Å². The second-order valence-electron chi connectivity index (χ2n) is 5.29. The largest absolute Gasteiger partial charge is 0.380 e. The summed E-state index contributed by atoms with van der Waals surface area (Å²) < 4.78 is 31.2. The quantitative estimate of drug-likeness (QED) is 0.797. The average molecular weight is 276 g/mol. The van der Waals surface area contributed by atoms with Crippen molar-refractivity contribution in [3.05, 3.63) is 0 Å². The van der Waals surface area contributed by atoms with Gasteiger partial charge in [-0.2, -0.15) is 4.31 Å². The van der Waals surface area contributed by atoms with Crippen LogP contribution < -0.4 is 5.32 Å². The standard InChI is InChI=1S/C12H24N2O3S/c1-14(12-5-8-17-10-12)18(15,16)9-6-11-4-2-3-7-13-11/h11-13H,2-10H2,1H3. The van der Waals surface area contributed by atoms with Crippen LogP contribution in [0.1, 0.15) is 32.1 Å². The van der Waals surface area contributed by atoms with E-state index >= 15 is 0 Å². The van der Waals surface area contributed by atoms with Crippen molar-refractivity contribution in [3.63, 3.8) is 0 Å². The number of ether oxygens (including phenoxy) is 1. The Kier molecular flexibility index (Phi) is 5.00. The number of nitrogens with zero attached hydrogens (tertiary/aromatic N) is 1. The topological polar surface area (TPSA) is 58.6 Å². The molecule has 2 fully saturated rings. The van der Waals surface area contributed by atoms with Crippen molar-refractivity contribution >= 4 is 10.0 Å². The second-order valence-corrected chi connectivity index (χ2v) is 7.43. The lowest BCUT2D eigenvalue weighted by molar-refractivity contribution is 0.181. The predicted octanol–water partition coefficient (Wildman–Crippen LogP) is 0.569. The molecule has 2 aliphatic heterocycles. The molecule has 0 spiro atoms. The minimum Gasteiger partial charge on any atom is -0.380 e. The van der Waals surface area contributed by atoms with Crippen molar-refractivity contribution in [3.8, 4) is 0 Å². The van der Waals surface area contributed by atoms with Crippen LogP contribution in [0.4, 0.5) is 0 Å². The molecule has 5 nitrogen and oxygen atoms in total. The van der Waals surface area contributed by atoms with Gasteiger partial charge in [-0.05, 0) is 32.2 Å². The van der Waals surface area contributed by atoms with Crippen molar-refractivity contribution in [1.29, 1.82) is 0 Å². The lowest BCUT2D eigenvalue weighted by Crippen LogP contribution is -2.41. The van der Waals surface area contributed by atoms with Crippen LogP contribution in [0.3, 0.4) is 0 Å². The van der Waals surface area contributed by atoms with Gasteiger partial charge in [0.1, 0.15) is 0 Å². The molecule has 0 amide bonds. The molecule has 1 N–H and O–H groups in total. The summed E-state index contributed by atoms with van der Waals surface area (Å²) in [7, 11) is -1.45. The molecular formula is C12H24N2O3S. The average Bonchev–Trinajstić information content (AvgIpc) is 2.90. The van der Waals surface area contributed by atoms with E-state index in [1.165, 1.54) is 17.1 Å². The van der Waals surface area contributed by atoms with Crippen LogP contribution in [0.5, 0.6) is 0 Å². The van der Waals surface area contributed by atoms with Gasteiger partial charge in [-0.25, -0.2) is 8.42 Å². The van der Waals surface area contributed by atoms with Crippen LogP contribution in [0, 0.1) is 0 Å². The molecule has 0 aromatic heterocycles. The molecule has 2 heterocycles. The third-order valence-electron chi connectivity index (χ3n) is 4.00. The Balaban J connectivity index is 1.82. The fourth-order valence-electron chi connectivity index (χ4n) is 2.64. The van der Waals surface area contributed by atoms with Crippen LogP contribution in [0.2, 0.25) is 0 Å². The summed E-state index contributed by atoms with van der Waals surface area (Å²) in [5, 5.41) is 3.39. The van der Waals surface area contributed by atoms with Crippen LogP contribution >= 0.6 is 0 Å². The molecule has 6 heteroatoms. The van der Waals surface area contributed by atoms with Gasteiger partial charge in [-0.1, -0.05) is 6.42 Å². The molecular weight excluding hydrogens is 252 g/mol. The first-order chi connectivity index (χ1) is 8.59. The number of hydrogen-bond donors (Lipinski definition) is 1. The Morgan fingerprint density at radius 1 is 1.33 bits per heavy atom. The first-order valence-electron chi connectivity index (χ1n) is 6.86. The number of nitrogens with one attached hydrogen (secondary N) is 1. The minimum absolute atomic E-state index is 0.0364. The van der Waals surface area contributed by atoms with Crippen LogP contribution in [-0.2, 0) is 14.8 Å². The summed E-state index contributed by atoms with van der Waals surface area (Å²) in [5.41, 5.74) is 0. The molecule has 0 bridgehead atoms. The number of likely N-dealkylation sites (N-methyl/N-ethyl adjacent to an activating group) is 1. The zero-order chi connectivity index (χ0) is 13.0. The molecule has 0 aliphatic carbocycles. The highest BCUT2D eigenvalue weighted by molar-refractivity contribution is 7.89. The fraction of sp³-hybridized carbons (Fsp3) is 1.00. The summed E-state index contributed by atoms with van der Waals surface area (Å²) in [4.78, 5) is 0. The van der Waals surface area contributed by atoms with E-state index in [2.05, 4.69) is 5.32 Å². The van der Waals surface area contributed by atoms with E-state index in [9.17, 15) is 8.42 Å². The Morgan fingerprint density at radius 2 is 2.17 bits per heavy atom. The number of rotatable bonds is 5. The molecule has 2 unspecified atom stereocenters. The summed E-state index contributed by atoms with van der Waals surface area (Å²) in [6.45, 7) is 2.24. The molecule has 2 aliphatic rings. The van der Waals surface area contributed by atoms with Gasteiger partial charge in [0.2, 0.25) is 10.0 Å².